The summed E-state index contributed by atoms with van der Waals surface area (Å²) in [4.78, 5) is 23.9. The van der Waals surface area contributed by atoms with Crippen molar-refractivity contribution in [2.24, 2.45) is 5.92 Å². The molecule has 25 heavy (non-hydrogen) atoms. The smallest absolute Gasteiger partial charge is 0.242 e. The first-order chi connectivity index (χ1) is 12.0. The van der Waals surface area contributed by atoms with Crippen LogP contribution in [0.15, 0.2) is 18.2 Å². The van der Waals surface area contributed by atoms with Crippen molar-refractivity contribution < 1.29 is 19.1 Å². The molecule has 0 bridgehead atoms. The topological polar surface area (TPSA) is 76.7 Å². The predicted molar refractivity (Wildman–Crippen MR) is 95.8 cm³/mol. The molecule has 1 atom stereocenters. The van der Waals surface area contributed by atoms with E-state index < -0.39 is 6.04 Å². The van der Waals surface area contributed by atoms with Crippen molar-refractivity contribution in [3.8, 4) is 11.5 Å². The molecule has 2 rings (SSSR count). The largest absolute Gasteiger partial charge is 0.493 e. The molecule has 1 unspecified atom stereocenters. The molecule has 6 heteroatoms. The Labute approximate surface area is 149 Å². The van der Waals surface area contributed by atoms with Gasteiger partial charge >= 0.3 is 0 Å². The average Bonchev–Trinajstić information content (AvgIpc) is 3.13. The van der Waals surface area contributed by atoms with Gasteiger partial charge in [-0.1, -0.05) is 18.9 Å². The number of amides is 2. The fourth-order valence-electron chi connectivity index (χ4n) is 3.38. The SMILES string of the molecule is COc1ccc(CCNC(=O)C(NC(C)=O)C2CCCC2)cc1OC. The number of carbonyl (C=O) groups excluding carboxylic acids is 2. The molecule has 1 fully saturated rings. The lowest BCUT2D eigenvalue weighted by Gasteiger charge is -2.23. The van der Waals surface area contributed by atoms with Gasteiger partial charge in [0.15, 0.2) is 11.5 Å². The lowest BCUT2D eigenvalue weighted by Crippen LogP contribution is -2.50. The van der Waals surface area contributed by atoms with Crippen LogP contribution in [-0.2, 0) is 16.0 Å². The van der Waals surface area contributed by atoms with Crippen LogP contribution in [0.3, 0.4) is 0 Å². The van der Waals surface area contributed by atoms with Gasteiger partial charge in [-0.15, -0.1) is 0 Å². The molecule has 1 aliphatic rings. The minimum absolute atomic E-state index is 0.0948. The minimum Gasteiger partial charge on any atom is -0.493 e. The molecule has 0 saturated heterocycles. The van der Waals surface area contributed by atoms with Gasteiger partial charge in [0, 0.05) is 13.5 Å². The number of carbonyl (C=O) groups is 2. The Morgan fingerprint density at radius 3 is 2.44 bits per heavy atom. The first-order valence-corrected chi connectivity index (χ1v) is 8.81. The molecule has 1 aromatic rings. The number of hydrogen-bond donors (Lipinski definition) is 2. The summed E-state index contributed by atoms with van der Waals surface area (Å²) < 4.78 is 10.5. The highest BCUT2D eigenvalue weighted by atomic mass is 16.5. The van der Waals surface area contributed by atoms with E-state index in [2.05, 4.69) is 10.6 Å². The van der Waals surface area contributed by atoms with Gasteiger partial charge in [0.1, 0.15) is 6.04 Å². The van der Waals surface area contributed by atoms with Gasteiger partial charge in [0.25, 0.3) is 0 Å². The fraction of sp³-hybridized carbons (Fsp3) is 0.579. The zero-order chi connectivity index (χ0) is 18.2. The molecule has 0 aromatic heterocycles. The number of rotatable bonds is 8. The lowest BCUT2D eigenvalue weighted by atomic mass is 9.97. The van der Waals surface area contributed by atoms with Crippen molar-refractivity contribution in [2.75, 3.05) is 20.8 Å². The van der Waals surface area contributed by atoms with E-state index in [0.717, 1.165) is 31.2 Å². The molecule has 0 heterocycles. The zero-order valence-corrected chi connectivity index (χ0v) is 15.3. The summed E-state index contributed by atoms with van der Waals surface area (Å²) in [5.74, 6) is 1.34. The Bertz CT molecular complexity index is 597. The number of hydrogen-bond acceptors (Lipinski definition) is 4. The second-order valence-electron chi connectivity index (χ2n) is 6.45. The number of benzene rings is 1. The Morgan fingerprint density at radius 1 is 1.16 bits per heavy atom. The summed E-state index contributed by atoms with van der Waals surface area (Å²) in [6.45, 7) is 1.97. The monoisotopic (exact) mass is 348 g/mol. The first-order valence-electron chi connectivity index (χ1n) is 8.81. The van der Waals surface area contributed by atoms with Gasteiger partial charge in [0.2, 0.25) is 11.8 Å². The average molecular weight is 348 g/mol. The van der Waals surface area contributed by atoms with E-state index in [4.69, 9.17) is 9.47 Å². The van der Waals surface area contributed by atoms with Gasteiger partial charge in [-0.25, -0.2) is 0 Å². The Morgan fingerprint density at radius 2 is 1.84 bits per heavy atom. The van der Waals surface area contributed by atoms with Crippen LogP contribution in [0.2, 0.25) is 0 Å². The van der Waals surface area contributed by atoms with Crippen molar-refractivity contribution in [1.82, 2.24) is 10.6 Å². The molecule has 0 aliphatic heterocycles. The molecule has 1 saturated carbocycles. The Kier molecular flexibility index (Phi) is 7.10. The lowest BCUT2D eigenvalue weighted by molar-refractivity contribution is -0.129. The maximum atomic E-state index is 12.5. The summed E-state index contributed by atoms with van der Waals surface area (Å²) in [5.41, 5.74) is 1.05. The molecule has 2 N–H and O–H groups in total. The van der Waals surface area contributed by atoms with Gasteiger partial charge in [-0.05, 0) is 42.9 Å². The van der Waals surface area contributed by atoms with Crippen molar-refractivity contribution >= 4 is 11.8 Å². The summed E-state index contributed by atoms with van der Waals surface area (Å²) in [6.07, 6.45) is 4.92. The summed E-state index contributed by atoms with van der Waals surface area (Å²) in [6, 6.07) is 5.29. The van der Waals surface area contributed by atoms with Crippen LogP contribution in [0.4, 0.5) is 0 Å². The van der Waals surface area contributed by atoms with Gasteiger partial charge in [-0.2, -0.15) is 0 Å². The second kappa shape index (κ2) is 9.30. The van der Waals surface area contributed by atoms with E-state index in [1.807, 2.05) is 18.2 Å². The number of nitrogens with one attached hydrogen (secondary N) is 2. The minimum atomic E-state index is -0.426. The van der Waals surface area contributed by atoms with E-state index in [9.17, 15) is 9.59 Å². The van der Waals surface area contributed by atoms with Crippen molar-refractivity contribution in [3.05, 3.63) is 23.8 Å². The van der Waals surface area contributed by atoms with E-state index >= 15 is 0 Å². The van der Waals surface area contributed by atoms with Crippen LogP contribution < -0.4 is 20.1 Å². The third-order valence-corrected chi connectivity index (χ3v) is 4.67. The van der Waals surface area contributed by atoms with Crippen molar-refractivity contribution in [1.29, 1.82) is 0 Å². The highest BCUT2D eigenvalue weighted by Gasteiger charge is 2.30. The fourth-order valence-corrected chi connectivity index (χ4v) is 3.38. The molecule has 6 nitrogen and oxygen atoms in total. The standard InChI is InChI=1S/C19H28N2O4/c1-13(22)21-18(15-6-4-5-7-15)19(23)20-11-10-14-8-9-16(24-2)17(12-14)25-3/h8-9,12,15,18H,4-7,10-11H2,1-3H3,(H,20,23)(H,21,22). The third kappa shape index (κ3) is 5.37. The Hall–Kier alpha value is -2.24. The maximum absolute atomic E-state index is 12.5. The molecular formula is C19H28N2O4. The maximum Gasteiger partial charge on any atom is 0.242 e. The molecule has 138 valence electrons. The summed E-state index contributed by atoms with van der Waals surface area (Å²) in [5, 5.41) is 5.77. The van der Waals surface area contributed by atoms with Crippen LogP contribution in [0.25, 0.3) is 0 Å². The zero-order valence-electron chi connectivity index (χ0n) is 15.3. The summed E-state index contributed by atoms with van der Waals surface area (Å²) >= 11 is 0. The van der Waals surface area contributed by atoms with Crippen LogP contribution in [0.5, 0.6) is 11.5 Å². The molecular weight excluding hydrogens is 320 g/mol. The highest BCUT2D eigenvalue weighted by Crippen LogP contribution is 2.28. The molecule has 0 spiro atoms. The van der Waals surface area contributed by atoms with Crippen LogP contribution >= 0.6 is 0 Å². The Balaban J connectivity index is 1.90. The predicted octanol–water partition coefficient (Wildman–Crippen LogP) is 2.06. The molecule has 2 amide bonds. The van der Waals surface area contributed by atoms with E-state index in [1.165, 1.54) is 6.92 Å². The van der Waals surface area contributed by atoms with Crippen LogP contribution in [0.1, 0.15) is 38.2 Å². The molecule has 1 aliphatic carbocycles. The van der Waals surface area contributed by atoms with E-state index in [1.54, 1.807) is 14.2 Å². The third-order valence-electron chi connectivity index (χ3n) is 4.67. The van der Waals surface area contributed by atoms with Crippen LogP contribution in [0, 0.1) is 5.92 Å². The van der Waals surface area contributed by atoms with Gasteiger partial charge in [-0.3, -0.25) is 9.59 Å². The molecule has 1 aromatic carbocycles. The normalized spacial score (nSPS) is 15.5. The summed E-state index contributed by atoms with van der Waals surface area (Å²) in [7, 11) is 3.20. The highest BCUT2D eigenvalue weighted by molar-refractivity contribution is 5.87. The van der Waals surface area contributed by atoms with Crippen LogP contribution in [-0.4, -0.2) is 38.6 Å². The van der Waals surface area contributed by atoms with Gasteiger partial charge < -0.3 is 20.1 Å². The quantitative estimate of drug-likeness (QED) is 0.754. The number of methoxy groups -OCH3 is 2. The first kappa shape index (κ1) is 19.1. The van der Waals surface area contributed by atoms with Crippen molar-refractivity contribution in [2.45, 2.75) is 45.1 Å². The van der Waals surface area contributed by atoms with E-state index in [-0.39, 0.29) is 17.7 Å². The van der Waals surface area contributed by atoms with Crippen molar-refractivity contribution in [3.63, 3.8) is 0 Å². The second-order valence-corrected chi connectivity index (χ2v) is 6.45. The number of ether oxygens (including phenoxy) is 2. The van der Waals surface area contributed by atoms with E-state index in [0.29, 0.717) is 24.5 Å². The molecule has 0 radical (unpaired) electrons. The van der Waals surface area contributed by atoms with Gasteiger partial charge in [0.05, 0.1) is 14.2 Å².